The third-order valence-electron chi connectivity index (χ3n) is 3.60. The van der Waals surface area contributed by atoms with E-state index in [9.17, 15) is 9.18 Å². The molecule has 3 N–H and O–H groups in total. The monoisotopic (exact) mass is 457 g/mol. The van der Waals surface area contributed by atoms with E-state index in [1.54, 1.807) is 43.5 Å². The minimum atomic E-state index is -0.606. The SMILES string of the molecule is C=C(Br)/C=C\C=C(/F)C1CCNC1C(=O)Nc1cccc(Cl)c1.CNC=O. The zero-order chi connectivity index (χ0) is 20.2. The van der Waals surface area contributed by atoms with Crippen molar-refractivity contribution in [3.63, 3.8) is 0 Å². The molecule has 0 aromatic heterocycles. The molecule has 1 aliphatic heterocycles. The Labute approximate surface area is 171 Å². The van der Waals surface area contributed by atoms with Gasteiger partial charge in [0.05, 0.1) is 6.04 Å². The van der Waals surface area contributed by atoms with Crippen LogP contribution in [0.3, 0.4) is 0 Å². The second-order valence-corrected chi connectivity index (χ2v) is 7.05. The predicted molar refractivity (Wildman–Crippen MR) is 112 cm³/mol. The average Bonchev–Trinajstić information content (AvgIpc) is 3.11. The van der Waals surface area contributed by atoms with Gasteiger partial charge < -0.3 is 16.0 Å². The van der Waals surface area contributed by atoms with Crippen LogP contribution in [-0.4, -0.2) is 32.0 Å². The third-order valence-corrected chi connectivity index (χ3v) is 4.10. The number of halogens is 3. The molecule has 8 heteroatoms. The van der Waals surface area contributed by atoms with Crippen LogP contribution >= 0.6 is 27.5 Å². The van der Waals surface area contributed by atoms with Crippen LogP contribution in [-0.2, 0) is 9.59 Å². The van der Waals surface area contributed by atoms with E-state index in [2.05, 4.69) is 38.5 Å². The number of carbonyl (C=O) groups is 2. The highest BCUT2D eigenvalue weighted by Crippen LogP contribution is 2.26. The molecule has 1 aliphatic rings. The van der Waals surface area contributed by atoms with Gasteiger partial charge in [-0.3, -0.25) is 9.59 Å². The number of allylic oxidation sites excluding steroid dienone is 4. The fourth-order valence-corrected chi connectivity index (χ4v) is 2.77. The summed E-state index contributed by atoms with van der Waals surface area (Å²) in [5, 5.41) is 8.59. The molecule has 0 spiro atoms. The summed E-state index contributed by atoms with van der Waals surface area (Å²) >= 11 is 9.06. The van der Waals surface area contributed by atoms with E-state index < -0.39 is 12.0 Å². The molecule has 2 amide bonds. The Morgan fingerprint density at radius 3 is 2.78 bits per heavy atom. The van der Waals surface area contributed by atoms with Gasteiger partial charge >= 0.3 is 0 Å². The molecule has 0 aliphatic carbocycles. The van der Waals surface area contributed by atoms with E-state index in [1.807, 2.05) is 0 Å². The Kier molecular flexibility index (Phi) is 10.6. The van der Waals surface area contributed by atoms with Gasteiger partial charge in [-0.15, -0.1) is 0 Å². The van der Waals surface area contributed by atoms with Crippen LogP contribution in [0.1, 0.15) is 6.42 Å². The number of rotatable bonds is 6. The van der Waals surface area contributed by atoms with Crippen molar-refractivity contribution in [2.24, 2.45) is 5.92 Å². The van der Waals surface area contributed by atoms with Crippen molar-refractivity contribution in [3.05, 3.63) is 64.4 Å². The summed E-state index contributed by atoms with van der Waals surface area (Å²) in [7, 11) is 1.56. The number of hydrogen-bond donors (Lipinski definition) is 3. The lowest BCUT2D eigenvalue weighted by molar-refractivity contribution is -0.118. The van der Waals surface area contributed by atoms with Crippen LogP contribution in [0.25, 0.3) is 0 Å². The Hall–Kier alpha value is -1.96. The normalized spacial score (nSPS) is 19.2. The number of benzene rings is 1. The predicted octanol–water partition coefficient (Wildman–Crippen LogP) is 3.94. The maximum absolute atomic E-state index is 14.3. The molecule has 27 heavy (non-hydrogen) atoms. The molecule has 1 fully saturated rings. The van der Waals surface area contributed by atoms with Crippen LogP contribution in [0.4, 0.5) is 10.1 Å². The van der Waals surface area contributed by atoms with E-state index >= 15 is 0 Å². The van der Waals surface area contributed by atoms with Gasteiger partial charge in [0.1, 0.15) is 5.83 Å². The Bertz CT molecular complexity index is 725. The lowest BCUT2D eigenvalue weighted by Crippen LogP contribution is -2.40. The van der Waals surface area contributed by atoms with Gasteiger partial charge in [0.15, 0.2) is 0 Å². The van der Waals surface area contributed by atoms with Gasteiger partial charge in [-0.1, -0.05) is 46.3 Å². The van der Waals surface area contributed by atoms with E-state index in [0.717, 1.165) is 0 Å². The van der Waals surface area contributed by atoms with Crippen LogP contribution in [0.2, 0.25) is 5.02 Å². The number of anilines is 1. The second kappa shape index (κ2) is 12.4. The fraction of sp³-hybridized carbons (Fsp3) is 0.263. The zero-order valence-electron chi connectivity index (χ0n) is 14.8. The zero-order valence-corrected chi connectivity index (χ0v) is 17.2. The largest absolute Gasteiger partial charge is 0.362 e. The molecule has 1 aromatic carbocycles. The van der Waals surface area contributed by atoms with E-state index in [1.165, 1.54) is 6.08 Å². The molecular weight excluding hydrogens is 437 g/mol. The Morgan fingerprint density at radius 1 is 1.48 bits per heavy atom. The van der Waals surface area contributed by atoms with Gasteiger partial charge in [0, 0.05) is 28.2 Å². The lowest BCUT2D eigenvalue weighted by atomic mass is 9.98. The summed E-state index contributed by atoms with van der Waals surface area (Å²) in [6.45, 7) is 4.23. The third kappa shape index (κ3) is 8.51. The number of hydrogen-bond acceptors (Lipinski definition) is 3. The minimum absolute atomic E-state index is 0.271. The van der Waals surface area contributed by atoms with Gasteiger partial charge in [0.2, 0.25) is 12.3 Å². The average molecular weight is 459 g/mol. The molecule has 0 bridgehead atoms. The maximum atomic E-state index is 14.3. The topological polar surface area (TPSA) is 70.2 Å². The summed E-state index contributed by atoms with van der Waals surface area (Å²) < 4.78 is 14.9. The molecule has 0 radical (unpaired) electrons. The highest BCUT2D eigenvalue weighted by molar-refractivity contribution is 9.11. The van der Waals surface area contributed by atoms with Crippen LogP contribution in [0, 0.1) is 5.92 Å². The quantitative estimate of drug-likeness (QED) is 0.447. The van der Waals surface area contributed by atoms with Crippen LogP contribution in [0.15, 0.2) is 59.4 Å². The molecule has 146 valence electrons. The van der Waals surface area contributed by atoms with Gasteiger partial charge in [-0.2, -0.15) is 0 Å². The van der Waals surface area contributed by atoms with Crippen molar-refractivity contribution in [3.8, 4) is 0 Å². The first-order valence-corrected chi connectivity index (χ1v) is 9.35. The highest BCUT2D eigenvalue weighted by atomic mass is 79.9. The Balaban J connectivity index is 0.000000828. The Morgan fingerprint density at radius 2 is 2.19 bits per heavy atom. The molecule has 0 saturated carbocycles. The fourth-order valence-electron chi connectivity index (χ4n) is 2.43. The summed E-state index contributed by atoms with van der Waals surface area (Å²) in [5.74, 6) is -1.08. The standard InChI is InChI=1S/C17H17BrClFN2O.C2H5NO/c1-11(18)4-2-7-15(20)14-8-9-21-16(14)17(23)22-13-6-3-5-12(19)10-13;1-3-2-4/h2-7,10,14,16,21H,1,8-9H2,(H,22,23);2H,1H3,(H,3,4)/b4-2-,15-7-;. The van der Waals surface area contributed by atoms with E-state index in [-0.39, 0.29) is 11.7 Å². The van der Waals surface area contributed by atoms with Crippen molar-refractivity contribution < 1.29 is 14.0 Å². The van der Waals surface area contributed by atoms with E-state index in [0.29, 0.717) is 34.6 Å². The van der Waals surface area contributed by atoms with Crippen molar-refractivity contribution in [2.75, 3.05) is 18.9 Å². The molecule has 1 saturated heterocycles. The summed E-state index contributed by atoms with van der Waals surface area (Å²) in [5.41, 5.74) is 0.592. The number of amides is 2. The first-order chi connectivity index (χ1) is 12.9. The van der Waals surface area contributed by atoms with E-state index in [4.69, 9.17) is 16.4 Å². The molecule has 1 aromatic rings. The van der Waals surface area contributed by atoms with Crippen molar-refractivity contribution in [2.45, 2.75) is 12.5 Å². The van der Waals surface area contributed by atoms with Crippen molar-refractivity contribution in [1.29, 1.82) is 0 Å². The number of carbonyl (C=O) groups excluding carboxylic acids is 2. The molecule has 5 nitrogen and oxygen atoms in total. The molecule has 2 rings (SSSR count). The molecule has 2 atom stereocenters. The molecular formula is C19H22BrClFN3O2. The summed E-state index contributed by atoms with van der Waals surface area (Å²) in [6, 6.07) is 6.26. The smallest absolute Gasteiger partial charge is 0.242 e. The first kappa shape index (κ1) is 23.1. The summed E-state index contributed by atoms with van der Waals surface area (Å²) in [6.07, 6.45) is 5.77. The van der Waals surface area contributed by atoms with Crippen LogP contribution < -0.4 is 16.0 Å². The first-order valence-electron chi connectivity index (χ1n) is 8.18. The lowest BCUT2D eigenvalue weighted by Gasteiger charge is -2.17. The number of nitrogens with one attached hydrogen (secondary N) is 3. The van der Waals surface area contributed by atoms with Gasteiger partial charge in [0.25, 0.3) is 0 Å². The second-order valence-electron chi connectivity index (χ2n) is 5.59. The highest BCUT2D eigenvalue weighted by Gasteiger charge is 2.35. The van der Waals surface area contributed by atoms with Crippen molar-refractivity contribution in [1.82, 2.24) is 10.6 Å². The summed E-state index contributed by atoms with van der Waals surface area (Å²) in [4.78, 5) is 21.4. The van der Waals surface area contributed by atoms with Crippen molar-refractivity contribution >= 4 is 45.5 Å². The van der Waals surface area contributed by atoms with Gasteiger partial charge in [-0.05, 0) is 43.3 Å². The molecule has 2 unspecified atom stereocenters. The van der Waals surface area contributed by atoms with Crippen LogP contribution in [0.5, 0.6) is 0 Å². The molecule has 1 heterocycles. The van der Waals surface area contributed by atoms with Gasteiger partial charge in [-0.25, -0.2) is 4.39 Å². The maximum Gasteiger partial charge on any atom is 0.242 e. The minimum Gasteiger partial charge on any atom is -0.362 e.